The van der Waals surface area contributed by atoms with Gasteiger partial charge in [0.1, 0.15) is 35.9 Å². The number of nitrogens with one attached hydrogen (secondary N) is 4. The van der Waals surface area contributed by atoms with Crippen molar-refractivity contribution in [2.24, 2.45) is 23.3 Å². The topological polar surface area (TPSA) is 318 Å². The Labute approximate surface area is 287 Å². The van der Waals surface area contributed by atoms with Crippen LogP contribution < -0.4 is 32.7 Å². The van der Waals surface area contributed by atoms with Crippen molar-refractivity contribution in [2.75, 3.05) is 5.75 Å². The first-order chi connectivity index (χ1) is 22.2. The average molecular weight is 723 g/mol. The summed E-state index contributed by atoms with van der Waals surface area (Å²) in [5, 5.41) is 46.3. The molecule has 18 nitrogen and oxygen atoms in total. The molecule has 0 aliphatic heterocycles. The zero-order valence-electron chi connectivity index (χ0n) is 27.1. The van der Waals surface area contributed by atoms with Gasteiger partial charge in [-0.05, 0) is 37.5 Å². The molecule has 4 amide bonds. The van der Waals surface area contributed by atoms with E-state index in [0.29, 0.717) is 11.8 Å². The molecule has 0 rings (SSSR count). The van der Waals surface area contributed by atoms with Gasteiger partial charge in [0, 0.05) is 18.6 Å². The molecule has 0 aliphatic rings. The van der Waals surface area contributed by atoms with Gasteiger partial charge in [-0.1, -0.05) is 27.7 Å². The maximum atomic E-state index is 13.2. The van der Waals surface area contributed by atoms with Crippen LogP contribution in [0.5, 0.6) is 0 Å². The minimum absolute atomic E-state index is 0.0270. The Morgan fingerprint density at radius 3 is 1.52 bits per heavy atom. The maximum Gasteiger partial charge on any atom is 0.326 e. The van der Waals surface area contributed by atoms with E-state index < -0.39 is 95.2 Å². The summed E-state index contributed by atoms with van der Waals surface area (Å²) in [5.41, 5.74) is 10.4. The number of rotatable bonds is 23. The van der Waals surface area contributed by atoms with Crippen molar-refractivity contribution in [3.8, 4) is 0 Å². The molecule has 0 radical (unpaired) electrons. The van der Waals surface area contributed by atoms with Crippen molar-refractivity contribution < 1.29 is 58.8 Å². The van der Waals surface area contributed by atoms with Gasteiger partial charge in [0.25, 0.3) is 5.91 Å². The van der Waals surface area contributed by atoms with E-state index in [4.69, 9.17) is 21.7 Å². The Morgan fingerprint density at radius 2 is 1.10 bits per heavy atom. The number of nitrogens with two attached hydrogens (primary N) is 2. The fraction of sp³-hybridized carbons (Fsp3) is 0.643. The Balaban J connectivity index is 6.24. The minimum atomic E-state index is -1.42. The Morgan fingerprint density at radius 1 is 0.667 bits per heavy atom. The van der Waals surface area contributed by atoms with E-state index in [1.807, 2.05) is 0 Å². The molecule has 0 unspecified atom stereocenters. The lowest BCUT2D eigenvalue weighted by Crippen LogP contribution is -2.54. The summed E-state index contributed by atoms with van der Waals surface area (Å²) in [6.07, 6.45) is -0.519. The van der Waals surface area contributed by atoms with Crippen molar-refractivity contribution in [1.29, 1.82) is 0 Å². The quantitative estimate of drug-likeness (QED) is 0.0447. The summed E-state index contributed by atoms with van der Waals surface area (Å²) < 4.78 is -0.214. The standard InChI is InChI=1S/C28H46N6O12S2/c1-12(2)19(26(43)44)33-22(37)16(31-17(35)9-5-7-14(29)24(39)40)11-48-28(47)21(23(38)34-20(13(3)4)27(45)46)32-18(36)10-6-8-15(30)25(41)42/h12-16,19-20,47H,5-11,29-30H2,1-4H3,(H,31,35)(H,32,36)(H,33,37)(H,34,38)(H,39,40)(H,41,42)(H,43,44)(H,45,46)/b28-21-/t14-,15-,16-,19-,20-/m0/s1. The molecule has 272 valence electrons. The van der Waals surface area contributed by atoms with Crippen molar-refractivity contribution in [3.05, 3.63) is 9.93 Å². The summed E-state index contributed by atoms with van der Waals surface area (Å²) in [6, 6.07) is -6.56. The highest BCUT2D eigenvalue weighted by atomic mass is 32.2. The number of carboxylic acids is 4. The second kappa shape index (κ2) is 21.9. The number of hydrogen-bond acceptors (Lipinski definition) is 12. The summed E-state index contributed by atoms with van der Waals surface area (Å²) in [5.74, 6) is -10.1. The fourth-order valence-electron chi connectivity index (χ4n) is 3.80. The number of carbonyl (C=O) groups excluding carboxylic acids is 4. The molecule has 0 aliphatic carbocycles. The van der Waals surface area contributed by atoms with E-state index in [1.54, 1.807) is 13.8 Å². The van der Waals surface area contributed by atoms with Gasteiger partial charge in [0.05, 0.1) is 4.24 Å². The molecule has 0 aromatic carbocycles. The maximum absolute atomic E-state index is 13.2. The second-order valence-corrected chi connectivity index (χ2v) is 13.2. The lowest BCUT2D eigenvalue weighted by Gasteiger charge is -2.24. The van der Waals surface area contributed by atoms with Crippen LogP contribution >= 0.6 is 24.4 Å². The predicted molar refractivity (Wildman–Crippen MR) is 176 cm³/mol. The van der Waals surface area contributed by atoms with E-state index in [0.717, 1.165) is 0 Å². The first kappa shape index (κ1) is 44.1. The summed E-state index contributed by atoms with van der Waals surface area (Å²) >= 11 is 4.99. The van der Waals surface area contributed by atoms with Crippen LogP contribution in [0.25, 0.3) is 0 Å². The van der Waals surface area contributed by atoms with Crippen molar-refractivity contribution >= 4 is 71.9 Å². The average Bonchev–Trinajstić information content (AvgIpc) is 2.97. The zero-order chi connectivity index (χ0) is 37.3. The first-order valence-electron chi connectivity index (χ1n) is 14.9. The van der Waals surface area contributed by atoms with Gasteiger partial charge in [0.15, 0.2) is 0 Å². The van der Waals surface area contributed by atoms with Gasteiger partial charge in [-0.25, -0.2) is 9.59 Å². The normalized spacial score (nSPS) is 14.9. The van der Waals surface area contributed by atoms with Gasteiger partial charge >= 0.3 is 23.9 Å². The highest BCUT2D eigenvalue weighted by Gasteiger charge is 2.31. The number of hydrogen-bond donors (Lipinski definition) is 11. The van der Waals surface area contributed by atoms with E-state index in [-0.39, 0.29) is 48.5 Å². The second-order valence-electron chi connectivity index (χ2n) is 11.4. The van der Waals surface area contributed by atoms with Crippen molar-refractivity contribution in [3.63, 3.8) is 0 Å². The molecule has 0 heterocycles. The highest BCUT2D eigenvalue weighted by Crippen LogP contribution is 2.25. The molecule has 0 saturated heterocycles. The van der Waals surface area contributed by atoms with Crippen molar-refractivity contribution in [2.45, 2.75) is 96.4 Å². The van der Waals surface area contributed by atoms with E-state index in [1.165, 1.54) is 13.8 Å². The number of thiol groups is 1. The molecule has 0 aromatic rings. The van der Waals surface area contributed by atoms with E-state index >= 15 is 0 Å². The van der Waals surface area contributed by atoms with Crippen LogP contribution in [0, 0.1) is 11.8 Å². The fourth-order valence-corrected chi connectivity index (χ4v) is 5.03. The van der Waals surface area contributed by atoms with Gasteiger partial charge in [-0.3, -0.25) is 28.8 Å². The summed E-state index contributed by atoms with van der Waals surface area (Å²) in [6.45, 7) is 6.16. The van der Waals surface area contributed by atoms with Crippen LogP contribution in [0.2, 0.25) is 0 Å². The van der Waals surface area contributed by atoms with Crippen LogP contribution in [-0.4, -0.2) is 104 Å². The van der Waals surface area contributed by atoms with Gasteiger partial charge in [-0.2, -0.15) is 0 Å². The summed E-state index contributed by atoms with van der Waals surface area (Å²) in [4.78, 5) is 97.1. The van der Waals surface area contributed by atoms with Crippen molar-refractivity contribution in [1.82, 2.24) is 21.3 Å². The van der Waals surface area contributed by atoms with E-state index in [9.17, 15) is 48.6 Å². The molecule has 0 spiro atoms. The largest absolute Gasteiger partial charge is 0.480 e. The molecule has 0 bridgehead atoms. The lowest BCUT2D eigenvalue weighted by molar-refractivity contribution is -0.143. The Bertz CT molecular complexity index is 1230. The van der Waals surface area contributed by atoms with Crippen LogP contribution in [0.4, 0.5) is 0 Å². The van der Waals surface area contributed by atoms with Crippen LogP contribution in [-0.2, 0) is 38.4 Å². The number of carbonyl (C=O) groups is 8. The first-order valence-corrected chi connectivity index (χ1v) is 16.3. The highest BCUT2D eigenvalue weighted by molar-refractivity contribution is 8.15. The number of amides is 4. The smallest absolute Gasteiger partial charge is 0.326 e. The third-order valence-electron chi connectivity index (χ3n) is 6.67. The lowest BCUT2D eigenvalue weighted by atomic mass is 10.0. The molecule has 12 N–H and O–H groups in total. The summed E-state index contributed by atoms with van der Waals surface area (Å²) in [7, 11) is 0. The molecular weight excluding hydrogens is 676 g/mol. The van der Waals surface area contributed by atoms with Gasteiger partial charge in [0.2, 0.25) is 17.7 Å². The molecule has 0 aromatic heterocycles. The Kier molecular flexibility index (Phi) is 20.1. The van der Waals surface area contributed by atoms with Gasteiger partial charge < -0.3 is 53.2 Å². The minimum Gasteiger partial charge on any atom is -0.480 e. The number of carboxylic acid groups (broad SMARTS) is 4. The third kappa shape index (κ3) is 16.8. The molecule has 48 heavy (non-hydrogen) atoms. The molecule has 20 heteroatoms. The third-order valence-corrected chi connectivity index (χ3v) is 8.25. The molecule has 0 saturated carbocycles. The molecule has 5 atom stereocenters. The SMILES string of the molecule is CC(C)[C@H](NC(=O)/C(NC(=O)CCC[C@H](N)C(=O)O)=C(\S)SC[C@H](NC(=O)CCC[C@H](N)C(=O)O)C(=O)N[C@H](C(=O)O)C(C)C)C(=O)O. The molecular formula is C28H46N6O12S2. The van der Waals surface area contributed by atoms with Crippen LogP contribution in [0.3, 0.4) is 0 Å². The molecule has 0 fully saturated rings. The van der Waals surface area contributed by atoms with Gasteiger partial charge in [-0.15, -0.1) is 24.4 Å². The van der Waals surface area contributed by atoms with Crippen LogP contribution in [0.15, 0.2) is 9.93 Å². The Hall–Kier alpha value is -3.88. The van der Waals surface area contributed by atoms with E-state index in [2.05, 4.69) is 33.9 Å². The zero-order valence-corrected chi connectivity index (χ0v) is 28.8. The monoisotopic (exact) mass is 722 g/mol. The predicted octanol–water partition coefficient (Wildman–Crippen LogP) is -0.965. The van der Waals surface area contributed by atoms with Crippen LogP contribution in [0.1, 0.15) is 66.2 Å². The number of thioether (sulfide) groups is 1. The number of aliphatic carboxylic acids is 4.